The molecule has 1 aliphatic heterocycles. The maximum absolute atomic E-state index is 13.4. The molecule has 0 saturated heterocycles. The van der Waals surface area contributed by atoms with Crippen molar-refractivity contribution in [1.29, 1.82) is 0 Å². The molecule has 1 atom stereocenters. The number of ketones is 1. The Hall–Kier alpha value is -3.05. The molecular formula is C28H27BrN2O2. The van der Waals surface area contributed by atoms with E-state index in [0.29, 0.717) is 6.42 Å². The van der Waals surface area contributed by atoms with Crippen LogP contribution >= 0.6 is 15.9 Å². The molecule has 0 aromatic heterocycles. The lowest BCUT2D eigenvalue weighted by Crippen LogP contribution is -2.31. The molecule has 0 fully saturated rings. The topological polar surface area (TPSA) is 50.4 Å². The monoisotopic (exact) mass is 502 g/mol. The summed E-state index contributed by atoms with van der Waals surface area (Å²) < 4.78 is 7.17. The molecule has 5 heteroatoms. The Morgan fingerprint density at radius 3 is 2.52 bits per heavy atom. The zero-order chi connectivity index (χ0) is 23.2. The van der Waals surface area contributed by atoms with Gasteiger partial charge >= 0.3 is 0 Å². The molecular weight excluding hydrogens is 476 g/mol. The van der Waals surface area contributed by atoms with Crippen LogP contribution in [0, 0.1) is 12.3 Å². The van der Waals surface area contributed by atoms with Crippen molar-refractivity contribution in [3.05, 3.63) is 93.6 Å². The van der Waals surface area contributed by atoms with Crippen molar-refractivity contribution in [3.63, 3.8) is 0 Å². The number of carbonyl (C=O) groups is 1. The van der Waals surface area contributed by atoms with Gasteiger partial charge in [0.25, 0.3) is 0 Å². The summed E-state index contributed by atoms with van der Waals surface area (Å²) in [5.74, 6) is 1.76. The smallest absolute Gasteiger partial charge is 0.163 e. The van der Waals surface area contributed by atoms with Gasteiger partial charge in [-0.3, -0.25) is 4.79 Å². The number of benzene rings is 3. The van der Waals surface area contributed by atoms with E-state index in [4.69, 9.17) is 4.74 Å². The number of hydrogen-bond donors (Lipinski definition) is 2. The van der Waals surface area contributed by atoms with Crippen LogP contribution in [0.4, 0.5) is 11.4 Å². The number of nitrogens with one attached hydrogen (secondary N) is 2. The van der Waals surface area contributed by atoms with Crippen LogP contribution in [0.15, 0.2) is 82.5 Å². The maximum Gasteiger partial charge on any atom is 0.163 e. The quantitative estimate of drug-likeness (QED) is 0.383. The van der Waals surface area contributed by atoms with Crippen LogP contribution in [-0.2, 0) is 4.79 Å². The molecule has 2 aliphatic rings. The second kappa shape index (κ2) is 8.38. The fourth-order valence-corrected chi connectivity index (χ4v) is 5.24. The lowest BCUT2D eigenvalue weighted by molar-refractivity contribution is -0.118. The maximum atomic E-state index is 13.4. The number of hydrogen-bond acceptors (Lipinski definition) is 4. The second-order valence-electron chi connectivity index (χ2n) is 9.63. The zero-order valence-corrected chi connectivity index (χ0v) is 20.6. The van der Waals surface area contributed by atoms with Crippen molar-refractivity contribution < 1.29 is 9.53 Å². The number of halogens is 1. The molecule has 1 aliphatic carbocycles. The summed E-state index contributed by atoms with van der Waals surface area (Å²) in [5, 5.41) is 7.26. The van der Waals surface area contributed by atoms with Gasteiger partial charge in [-0.1, -0.05) is 66.2 Å². The predicted octanol–water partition coefficient (Wildman–Crippen LogP) is 7.77. The third-order valence-corrected chi connectivity index (χ3v) is 7.04. The highest BCUT2D eigenvalue weighted by atomic mass is 79.9. The number of anilines is 2. The van der Waals surface area contributed by atoms with Gasteiger partial charge in [0, 0.05) is 28.2 Å². The van der Waals surface area contributed by atoms with Crippen LogP contribution < -0.4 is 15.4 Å². The SMILES string of the molecule is Cc1ccccc1Oc1ccc2c(c1)NC(c1ccccc1Br)C1=C(CC(C)(C)CC1=O)N2. The van der Waals surface area contributed by atoms with Gasteiger partial charge in [0.05, 0.1) is 17.4 Å². The Bertz CT molecular complexity index is 1280. The molecule has 4 nitrogen and oxygen atoms in total. The fraction of sp³-hybridized carbons (Fsp3) is 0.250. The van der Waals surface area contributed by atoms with Crippen molar-refractivity contribution in [2.24, 2.45) is 5.41 Å². The minimum Gasteiger partial charge on any atom is -0.457 e. The Morgan fingerprint density at radius 1 is 0.970 bits per heavy atom. The lowest BCUT2D eigenvalue weighted by atomic mass is 9.73. The van der Waals surface area contributed by atoms with Crippen LogP contribution in [0.5, 0.6) is 11.5 Å². The standard InChI is InChI=1S/C28H27BrN2O2/c1-17-8-4-7-11-25(17)33-18-12-13-21-22(14-18)31-27(19-9-5-6-10-20(19)29)26-23(30-21)15-28(2,3)16-24(26)32/h4-14,27,30-31H,15-16H2,1-3H3. The molecule has 2 N–H and O–H groups in total. The number of aryl methyl sites for hydroxylation is 1. The molecule has 1 unspecified atom stereocenters. The van der Waals surface area contributed by atoms with Crippen LogP contribution in [0.3, 0.4) is 0 Å². The van der Waals surface area contributed by atoms with E-state index in [9.17, 15) is 4.79 Å². The summed E-state index contributed by atoms with van der Waals surface area (Å²) >= 11 is 3.70. The number of rotatable bonds is 3. The first-order chi connectivity index (χ1) is 15.8. The van der Waals surface area contributed by atoms with E-state index in [1.165, 1.54) is 0 Å². The summed E-state index contributed by atoms with van der Waals surface area (Å²) in [6.07, 6.45) is 1.35. The van der Waals surface area contributed by atoms with Crippen molar-refractivity contribution >= 4 is 33.1 Å². The third kappa shape index (κ3) is 4.30. The molecule has 0 radical (unpaired) electrons. The number of allylic oxidation sites excluding steroid dienone is 1. The van der Waals surface area contributed by atoms with E-state index in [1.807, 2.05) is 67.6 Å². The zero-order valence-electron chi connectivity index (χ0n) is 19.0. The molecule has 1 heterocycles. The molecule has 3 aromatic carbocycles. The van der Waals surface area contributed by atoms with E-state index < -0.39 is 0 Å². The Balaban J connectivity index is 1.59. The van der Waals surface area contributed by atoms with Gasteiger partial charge in [0.1, 0.15) is 11.5 Å². The lowest BCUT2D eigenvalue weighted by Gasteiger charge is -2.34. The minimum absolute atomic E-state index is 0.0836. The molecule has 0 saturated carbocycles. The van der Waals surface area contributed by atoms with Crippen LogP contribution in [0.1, 0.15) is 43.9 Å². The van der Waals surface area contributed by atoms with Crippen molar-refractivity contribution in [2.75, 3.05) is 10.6 Å². The third-order valence-electron chi connectivity index (χ3n) is 6.32. The van der Waals surface area contributed by atoms with Crippen LogP contribution in [0.25, 0.3) is 0 Å². The summed E-state index contributed by atoms with van der Waals surface area (Å²) in [4.78, 5) is 13.4. The molecule has 0 bridgehead atoms. The van der Waals surface area contributed by atoms with Gasteiger partial charge in [-0.25, -0.2) is 0 Å². The van der Waals surface area contributed by atoms with Gasteiger partial charge in [0.2, 0.25) is 0 Å². The van der Waals surface area contributed by atoms with Gasteiger partial charge in [0.15, 0.2) is 5.78 Å². The van der Waals surface area contributed by atoms with Crippen molar-refractivity contribution in [2.45, 2.75) is 39.7 Å². The van der Waals surface area contributed by atoms with Crippen molar-refractivity contribution in [1.82, 2.24) is 0 Å². The first-order valence-electron chi connectivity index (χ1n) is 11.2. The van der Waals surface area contributed by atoms with Crippen molar-refractivity contribution in [3.8, 4) is 11.5 Å². The molecule has 0 spiro atoms. The number of ether oxygens (including phenoxy) is 1. The molecule has 0 amide bonds. The molecule has 33 heavy (non-hydrogen) atoms. The minimum atomic E-state index is -0.262. The van der Waals surface area contributed by atoms with E-state index >= 15 is 0 Å². The Kier molecular flexibility index (Phi) is 5.53. The summed E-state index contributed by atoms with van der Waals surface area (Å²) in [5.41, 5.74) is 5.70. The first-order valence-corrected chi connectivity index (χ1v) is 12.0. The van der Waals surface area contributed by atoms with Gasteiger partial charge < -0.3 is 15.4 Å². The average molecular weight is 503 g/mol. The summed E-state index contributed by atoms with van der Waals surface area (Å²) in [7, 11) is 0. The van der Waals surface area contributed by atoms with Crippen LogP contribution in [-0.4, -0.2) is 5.78 Å². The molecule has 3 aromatic rings. The van der Waals surface area contributed by atoms with Gasteiger partial charge in [-0.2, -0.15) is 0 Å². The highest BCUT2D eigenvalue weighted by molar-refractivity contribution is 9.10. The number of carbonyl (C=O) groups excluding carboxylic acids is 1. The van der Waals surface area contributed by atoms with E-state index in [0.717, 1.165) is 56.2 Å². The Labute approximate surface area is 203 Å². The molecule has 5 rings (SSSR count). The first kappa shape index (κ1) is 21.8. The Morgan fingerprint density at radius 2 is 1.73 bits per heavy atom. The largest absolute Gasteiger partial charge is 0.457 e. The van der Waals surface area contributed by atoms with Gasteiger partial charge in [-0.15, -0.1) is 0 Å². The highest BCUT2D eigenvalue weighted by Gasteiger charge is 2.39. The number of para-hydroxylation sites is 1. The average Bonchev–Trinajstić information content (AvgIpc) is 2.91. The van der Waals surface area contributed by atoms with Crippen LogP contribution in [0.2, 0.25) is 0 Å². The highest BCUT2D eigenvalue weighted by Crippen LogP contribution is 2.47. The number of Topliss-reactive ketones (excluding diaryl/α,β-unsaturated/α-hetero) is 1. The predicted molar refractivity (Wildman–Crippen MR) is 137 cm³/mol. The summed E-state index contributed by atoms with van der Waals surface area (Å²) in [6.45, 7) is 6.34. The summed E-state index contributed by atoms with van der Waals surface area (Å²) in [6, 6.07) is 21.8. The van der Waals surface area contributed by atoms with Gasteiger partial charge in [-0.05, 0) is 54.2 Å². The van der Waals surface area contributed by atoms with E-state index in [1.54, 1.807) is 0 Å². The van der Waals surface area contributed by atoms with E-state index in [2.05, 4.69) is 46.5 Å². The normalized spacial score (nSPS) is 19.0. The van der Waals surface area contributed by atoms with E-state index in [-0.39, 0.29) is 17.2 Å². The number of fused-ring (bicyclic) bond motifs is 1. The second-order valence-corrected chi connectivity index (χ2v) is 10.5. The fourth-order valence-electron chi connectivity index (χ4n) is 4.73. The molecule has 168 valence electrons.